The fourth-order valence-electron chi connectivity index (χ4n) is 1.97. The molecule has 4 nitrogen and oxygen atoms in total. The minimum Gasteiger partial charge on any atom is -0.393 e. The zero-order chi connectivity index (χ0) is 12.5. The van der Waals surface area contributed by atoms with E-state index in [-0.39, 0.29) is 6.10 Å². The van der Waals surface area contributed by atoms with Gasteiger partial charge < -0.3 is 20.3 Å². The van der Waals surface area contributed by atoms with E-state index in [1.807, 2.05) is 0 Å². The van der Waals surface area contributed by atoms with Gasteiger partial charge in [0, 0.05) is 19.2 Å². The predicted molar refractivity (Wildman–Crippen MR) is 68.0 cm³/mol. The molecule has 1 rings (SSSR count). The molecule has 1 saturated carbocycles. The molecule has 4 heteroatoms. The molecule has 0 aliphatic heterocycles. The lowest BCUT2D eigenvalue weighted by atomic mass is 9.89. The van der Waals surface area contributed by atoms with Crippen molar-refractivity contribution in [2.24, 2.45) is 0 Å². The monoisotopic (exact) mass is 245 g/mol. The molecule has 0 spiro atoms. The van der Waals surface area contributed by atoms with Crippen LogP contribution in [0.4, 0.5) is 0 Å². The molecule has 3 N–H and O–H groups in total. The summed E-state index contributed by atoms with van der Waals surface area (Å²) >= 11 is 0. The Morgan fingerprint density at radius 1 is 1.29 bits per heavy atom. The maximum Gasteiger partial charge on any atom is 0.0897 e. The first-order chi connectivity index (χ1) is 8.22. The highest BCUT2D eigenvalue weighted by molar-refractivity contribution is 4.84. The van der Waals surface area contributed by atoms with Crippen molar-refractivity contribution in [1.82, 2.24) is 5.32 Å². The van der Waals surface area contributed by atoms with Crippen LogP contribution in [0.15, 0.2) is 0 Å². The molecule has 0 amide bonds. The van der Waals surface area contributed by atoms with E-state index in [4.69, 9.17) is 9.84 Å². The molecule has 1 aliphatic rings. The van der Waals surface area contributed by atoms with Gasteiger partial charge in [0.1, 0.15) is 0 Å². The van der Waals surface area contributed by atoms with Crippen molar-refractivity contribution >= 4 is 0 Å². The molecule has 1 aliphatic carbocycles. The van der Waals surface area contributed by atoms with Gasteiger partial charge in [-0.25, -0.2) is 0 Å². The summed E-state index contributed by atoms with van der Waals surface area (Å²) in [7, 11) is 0. The molecular formula is C13H27NO3. The van der Waals surface area contributed by atoms with E-state index in [2.05, 4.69) is 12.2 Å². The van der Waals surface area contributed by atoms with E-state index < -0.39 is 6.10 Å². The van der Waals surface area contributed by atoms with Gasteiger partial charge in [-0.3, -0.25) is 0 Å². The van der Waals surface area contributed by atoms with Gasteiger partial charge in [-0.2, -0.15) is 0 Å². The van der Waals surface area contributed by atoms with Crippen molar-refractivity contribution in [2.75, 3.05) is 19.8 Å². The Hall–Kier alpha value is -0.160. The largest absolute Gasteiger partial charge is 0.393 e. The van der Waals surface area contributed by atoms with E-state index in [0.717, 1.165) is 25.9 Å². The summed E-state index contributed by atoms with van der Waals surface area (Å²) in [5.74, 6) is 0. The Labute approximate surface area is 104 Å². The van der Waals surface area contributed by atoms with Crippen molar-refractivity contribution in [3.63, 3.8) is 0 Å². The molecule has 0 saturated heterocycles. The average Bonchev–Trinajstić information content (AvgIpc) is 2.27. The van der Waals surface area contributed by atoms with Crippen LogP contribution < -0.4 is 5.32 Å². The SMILES string of the molecule is CCCCCCOCC(O)CNC1CC(O)C1. The van der Waals surface area contributed by atoms with Crippen LogP contribution in [0.3, 0.4) is 0 Å². The van der Waals surface area contributed by atoms with Gasteiger partial charge in [0.05, 0.1) is 18.8 Å². The number of hydrogen-bond donors (Lipinski definition) is 3. The molecule has 0 heterocycles. The minimum atomic E-state index is -0.432. The lowest BCUT2D eigenvalue weighted by Crippen LogP contribution is -2.47. The number of unbranched alkanes of at least 4 members (excludes halogenated alkanes) is 3. The summed E-state index contributed by atoms with van der Waals surface area (Å²) in [6.45, 7) is 3.91. The van der Waals surface area contributed by atoms with Gasteiger partial charge in [-0.05, 0) is 19.3 Å². The third kappa shape index (κ3) is 6.99. The fraction of sp³-hybridized carbons (Fsp3) is 1.00. The molecule has 1 fully saturated rings. The van der Waals surface area contributed by atoms with E-state index in [0.29, 0.717) is 19.2 Å². The standard InChI is InChI=1S/C13H27NO3/c1-2-3-4-5-6-17-10-13(16)9-14-11-7-12(15)8-11/h11-16H,2-10H2,1H3. The summed E-state index contributed by atoms with van der Waals surface area (Å²) in [6.07, 6.45) is 5.85. The van der Waals surface area contributed by atoms with Crippen molar-refractivity contribution in [2.45, 2.75) is 63.7 Å². The number of nitrogens with one attached hydrogen (secondary N) is 1. The third-order valence-electron chi connectivity index (χ3n) is 3.21. The van der Waals surface area contributed by atoms with Crippen LogP contribution in [0.25, 0.3) is 0 Å². The van der Waals surface area contributed by atoms with Gasteiger partial charge in [0.25, 0.3) is 0 Å². The zero-order valence-electron chi connectivity index (χ0n) is 10.9. The predicted octanol–water partition coefficient (Wildman–Crippen LogP) is 1.06. The van der Waals surface area contributed by atoms with Gasteiger partial charge in [0.15, 0.2) is 0 Å². The topological polar surface area (TPSA) is 61.7 Å². The molecular weight excluding hydrogens is 218 g/mol. The second-order valence-electron chi connectivity index (χ2n) is 5.02. The smallest absolute Gasteiger partial charge is 0.0897 e. The molecule has 0 radical (unpaired) electrons. The Morgan fingerprint density at radius 3 is 2.71 bits per heavy atom. The van der Waals surface area contributed by atoms with Crippen LogP contribution in [-0.2, 0) is 4.74 Å². The maximum atomic E-state index is 9.64. The van der Waals surface area contributed by atoms with Crippen LogP contribution in [0.1, 0.15) is 45.4 Å². The van der Waals surface area contributed by atoms with Gasteiger partial charge in [-0.15, -0.1) is 0 Å². The van der Waals surface area contributed by atoms with Crippen LogP contribution in [-0.4, -0.2) is 48.2 Å². The number of hydrogen-bond acceptors (Lipinski definition) is 4. The van der Waals surface area contributed by atoms with E-state index in [1.165, 1.54) is 19.3 Å². The molecule has 0 aromatic heterocycles. The first-order valence-electron chi connectivity index (χ1n) is 6.89. The summed E-state index contributed by atoms with van der Waals surface area (Å²) in [4.78, 5) is 0. The zero-order valence-corrected chi connectivity index (χ0v) is 10.9. The number of aliphatic hydroxyl groups excluding tert-OH is 2. The maximum absolute atomic E-state index is 9.64. The first-order valence-corrected chi connectivity index (χ1v) is 6.89. The number of aliphatic hydroxyl groups is 2. The fourth-order valence-corrected chi connectivity index (χ4v) is 1.97. The van der Waals surface area contributed by atoms with Crippen LogP contribution >= 0.6 is 0 Å². The average molecular weight is 245 g/mol. The molecule has 0 aromatic rings. The molecule has 1 unspecified atom stereocenters. The Morgan fingerprint density at radius 2 is 2.06 bits per heavy atom. The lowest BCUT2D eigenvalue weighted by Gasteiger charge is -2.32. The molecule has 0 aromatic carbocycles. The van der Waals surface area contributed by atoms with Crippen molar-refractivity contribution in [3.05, 3.63) is 0 Å². The van der Waals surface area contributed by atoms with Crippen molar-refractivity contribution in [3.8, 4) is 0 Å². The molecule has 17 heavy (non-hydrogen) atoms. The van der Waals surface area contributed by atoms with Gasteiger partial charge in [-0.1, -0.05) is 26.2 Å². The Balaban J connectivity index is 1.82. The van der Waals surface area contributed by atoms with E-state index in [1.54, 1.807) is 0 Å². The highest BCUT2D eigenvalue weighted by Gasteiger charge is 2.26. The second kappa shape index (κ2) is 8.86. The summed E-state index contributed by atoms with van der Waals surface area (Å²) in [6, 6.07) is 0.379. The molecule has 102 valence electrons. The summed E-state index contributed by atoms with van der Waals surface area (Å²) in [5, 5.41) is 22.0. The summed E-state index contributed by atoms with van der Waals surface area (Å²) in [5.41, 5.74) is 0. The normalized spacial score (nSPS) is 25.6. The Bertz CT molecular complexity index is 184. The lowest BCUT2D eigenvalue weighted by molar-refractivity contribution is 0.0220. The van der Waals surface area contributed by atoms with Crippen molar-refractivity contribution < 1.29 is 14.9 Å². The van der Waals surface area contributed by atoms with Crippen LogP contribution in [0.5, 0.6) is 0 Å². The molecule has 1 atom stereocenters. The number of rotatable bonds is 10. The minimum absolute atomic E-state index is 0.139. The second-order valence-corrected chi connectivity index (χ2v) is 5.02. The van der Waals surface area contributed by atoms with E-state index >= 15 is 0 Å². The summed E-state index contributed by atoms with van der Waals surface area (Å²) < 4.78 is 5.41. The quantitative estimate of drug-likeness (QED) is 0.504. The van der Waals surface area contributed by atoms with Gasteiger partial charge >= 0.3 is 0 Å². The van der Waals surface area contributed by atoms with E-state index in [9.17, 15) is 5.11 Å². The Kier molecular flexibility index (Phi) is 7.77. The number of ether oxygens (including phenoxy) is 1. The highest BCUT2D eigenvalue weighted by Crippen LogP contribution is 2.18. The third-order valence-corrected chi connectivity index (χ3v) is 3.21. The van der Waals surface area contributed by atoms with Crippen molar-refractivity contribution in [1.29, 1.82) is 0 Å². The van der Waals surface area contributed by atoms with Crippen LogP contribution in [0.2, 0.25) is 0 Å². The highest BCUT2D eigenvalue weighted by atomic mass is 16.5. The first kappa shape index (κ1) is 14.9. The van der Waals surface area contributed by atoms with Crippen LogP contribution in [0, 0.1) is 0 Å². The van der Waals surface area contributed by atoms with Gasteiger partial charge in [0.2, 0.25) is 0 Å². The molecule has 0 bridgehead atoms.